The van der Waals surface area contributed by atoms with Crippen molar-refractivity contribution in [3.8, 4) is 0 Å². The predicted molar refractivity (Wildman–Crippen MR) is 68.4 cm³/mol. The topological polar surface area (TPSA) is 3.24 Å². The van der Waals surface area contributed by atoms with E-state index in [1.54, 1.807) is 5.57 Å². The Kier molecular flexibility index (Phi) is 2.89. The van der Waals surface area contributed by atoms with Gasteiger partial charge in [-0.05, 0) is 44.4 Å². The highest BCUT2D eigenvalue weighted by Gasteiger charge is 2.39. The van der Waals surface area contributed by atoms with Crippen molar-refractivity contribution < 1.29 is 0 Å². The lowest BCUT2D eigenvalue weighted by Crippen LogP contribution is -2.43. The third kappa shape index (κ3) is 1.98. The summed E-state index contributed by atoms with van der Waals surface area (Å²) in [5, 5.41) is 0. The zero-order valence-corrected chi connectivity index (χ0v) is 10.4. The second kappa shape index (κ2) is 4.37. The molecule has 0 radical (unpaired) electrons. The number of hydrogen-bond acceptors (Lipinski definition) is 1. The highest BCUT2D eigenvalue weighted by molar-refractivity contribution is 5.19. The van der Waals surface area contributed by atoms with Crippen LogP contribution in [0, 0.1) is 5.92 Å². The SMILES string of the molecule is CC1CC2CC[C@H](C1)N2CC1=CC=CCC1. The second-order valence-corrected chi connectivity index (χ2v) is 5.93. The second-order valence-electron chi connectivity index (χ2n) is 5.93. The molecule has 0 spiro atoms. The maximum absolute atomic E-state index is 2.81. The number of nitrogens with zero attached hydrogens (tertiary/aromatic N) is 1. The third-order valence-electron chi connectivity index (χ3n) is 4.61. The van der Waals surface area contributed by atoms with E-state index in [1.165, 1.54) is 45.1 Å². The summed E-state index contributed by atoms with van der Waals surface area (Å²) < 4.78 is 0. The first kappa shape index (κ1) is 10.6. The number of rotatable bonds is 2. The zero-order chi connectivity index (χ0) is 11.0. The monoisotopic (exact) mass is 217 g/mol. The average Bonchev–Trinajstić information content (AvgIpc) is 2.54. The van der Waals surface area contributed by atoms with Crippen LogP contribution in [-0.4, -0.2) is 23.5 Å². The Morgan fingerprint density at radius 2 is 2.00 bits per heavy atom. The molecular formula is C15H23N. The van der Waals surface area contributed by atoms with Crippen LogP contribution in [0.2, 0.25) is 0 Å². The van der Waals surface area contributed by atoms with Crippen molar-refractivity contribution in [3.63, 3.8) is 0 Å². The Bertz CT molecular complexity index is 301. The Labute approximate surface area is 99.2 Å². The van der Waals surface area contributed by atoms with Crippen molar-refractivity contribution >= 4 is 0 Å². The van der Waals surface area contributed by atoms with E-state index in [9.17, 15) is 0 Å². The minimum absolute atomic E-state index is 0.903. The van der Waals surface area contributed by atoms with Gasteiger partial charge < -0.3 is 0 Å². The van der Waals surface area contributed by atoms with Gasteiger partial charge in [-0.15, -0.1) is 0 Å². The summed E-state index contributed by atoms with van der Waals surface area (Å²) in [6, 6.07) is 1.81. The summed E-state index contributed by atoms with van der Waals surface area (Å²) in [6.45, 7) is 3.69. The molecule has 1 nitrogen and oxygen atoms in total. The van der Waals surface area contributed by atoms with Crippen LogP contribution < -0.4 is 0 Å². The molecule has 0 aromatic rings. The molecule has 2 bridgehead atoms. The van der Waals surface area contributed by atoms with Gasteiger partial charge in [0.2, 0.25) is 0 Å². The molecule has 0 saturated carbocycles. The van der Waals surface area contributed by atoms with Gasteiger partial charge >= 0.3 is 0 Å². The summed E-state index contributed by atoms with van der Waals surface area (Å²) in [6.07, 6.45) is 15.2. The lowest BCUT2D eigenvalue weighted by molar-refractivity contribution is 0.120. The molecule has 2 fully saturated rings. The van der Waals surface area contributed by atoms with Crippen LogP contribution in [0.5, 0.6) is 0 Å². The van der Waals surface area contributed by atoms with Gasteiger partial charge in [0.1, 0.15) is 0 Å². The fourth-order valence-corrected chi connectivity index (χ4v) is 3.82. The van der Waals surface area contributed by atoms with E-state index in [0.717, 1.165) is 18.0 Å². The van der Waals surface area contributed by atoms with Crippen molar-refractivity contribution in [2.75, 3.05) is 6.54 Å². The van der Waals surface area contributed by atoms with Crippen LogP contribution in [0.1, 0.15) is 45.4 Å². The first-order chi connectivity index (χ1) is 7.83. The van der Waals surface area contributed by atoms with Gasteiger partial charge in [0.05, 0.1) is 0 Å². The molecule has 0 aromatic heterocycles. The quantitative estimate of drug-likeness (QED) is 0.684. The minimum atomic E-state index is 0.903. The summed E-state index contributed by atoms with van der Waals surface area (Å²) >= 11 is 0. The van der Waals surface area contributed by atoms with Gasteiger partial charge in [-0.25, -0.2) is 0 Å². The maximum atomic E-state index is 2.81. The maximum Gasteiger partial charge on any atom is 0.0201 e. The van der Waals surface area contributed by atoms with E-state index in [0.29, 0.717) is 0 Å². The van der Waals surface area contributed by atoms with Crippen molar-refractivity contribution in [2.45, 2.75) is 57.5 Å². The normalized spacial score (nSPS) is 38.8. The third-order valence-corrected chi connectivity index (χ3v) is 4.61. The van der Waals surface area contributed by atoms with Crippen LogP contribution in [0.4, 0.5) is 0 Å². The van der Waals surface area contributed by atoms with Crippen molar-refractivity contribution in [3.05, 3.63) is 23.8 Å². The molecule has 88 valence electrons. The largest absolute Gasteiger partial charge is 0.293 e. The van der Waals surface area contributed by atoms with Crippen molar-refractivity contribution in [2.24, 2.45) is 5.92 Å². The average molecular weight is 217 g/mol. The molecule has 0 N–H and O–H groups in total. The number of piperidine rings is 1. The highest BCUT2D eigenvalue weighted by Crippen LogP contribution is 2.39. The molecule has 3 atom stereocenters. The molecule has 1 heteroatoms. The van der Waals surface area contributed by atoms with Crippen LogP contribution in [0.25, 0.3) is 0 Å². The van der Waals surface area contributed by atoms with Gasteiger partial charge in [0, 0.05) is 18.6 Å². The molecule has 3 rings (SSSR count). The summed E-state index contributed by atoms with van der Waals surface area (Å²) in [4.78, 5) is 2.81. The molecule has 0 amide bonds. The summed E-state index contributed by atoms with van der Waals surface area (Å²) in [5.74, 6) is 0.967. The van der Waals surface area contributed by atoms with E-state index in [-0.39, 0.29) is 0 Å². The van der Waals surface area contributed by atoms with Gasteiger partial charge in [0.25, 0.3) is 0 Å². The van der Waals surface area contributed by atoms with E-state index >= 15 is 0 Å². The molecular weight excluding hydrogens is 194 g/mol. The van der Waals surface area contributed by atoms with E-state index < -0.39 is 0 Å². The summed E-state index contributed by atoms with van der Waals surface area (Å²) in [7, 11) is 0. The molecule has 1 aliphatic carbocycles. The number of hydrogen-bond donors (Lipinski definition) is 0. The Morgan fingerprint density at radius 3 is 2.62 bits per heavy atom. The van der Waals surface area contributed by atoms with Gasteiger partial charge in [-0.3, -0.25) is 4.90 Å². The Morgan fingerprint density at radius 1 is 1.25 bits per heavy atom. The lowest BCUT2D eigenvalue weighted by Gasteiger charge is -2.38. The molecule has 2 unspecified atom stereocenters. The van der Waals surface area contributed by atoms with E-state index in [2.05, 4.69) is 30.1 Å². The van der Waals surface area contributed by atoms with Crippen LogP contribution >= 0.6 is 0 Å². The molecule has 2 aliphatic heterocycles. The highest BCUT2D eigenvalue weighted by atomic mass is 15.2. The van der Waals surface area contributed by atoms with Crippen molar-refractivity contribution in [1.29, 1.82) is 0 Å². The molecule has 0 aromatic carbocycles. The van der Waals surface area contributed by atoms with Gasteiger partial charge in [0.15, 0.2) is 0 Å². The first-order valence-corrected chi connectivity index (χ1v) is 6.93. The fourth-order valence-electron chi connectivity index (χ4n) is 3.82. The minimum Gasteiger partial charge on any atom is -0.293 e. The number of allylic oxidation sites excluding steroid dienone is 3. The van der Waals surface area contributed by atoms with E-state index in [4.69, 9.17) is 0 Å². The smallest absolute Gasteiger partial charge is 0.0201 e. The lowest BCUT2D eigenvalue weighted by atomic mass is 9.91. The zero-order valence-electron chi connectivity index (χ0n) is 10.4. The first-order valence-electron chi connectivity index (χ1n) is 6.93. The van der Waals surface area contributed by atoms with E-state index in [1.807, 2.05) is 0 Å². The van der Waals surface area contributed by atoms with Crippen LogP contribution in [0.15, 0.2) is 23.8 Å². The standard InChI is InChI=1S/C15H23N/c1-12-9-14-7-8-15(10-12)16(14)11-13-5-3-2-4-6-13/h2-3,5,12,14-15H,4,6-11H2,1H3/t12?,14-,15?/m1/s1. The summed E-state index contributed by atoms with van der Waals surface area (Å²) in [5.41, 5.74) is 1.66. The Balaban J connectivity index is 1.67. The Hall–Kier alpha value is -0.560. The van der Waals surface area contributed by atoms with Gasteiger partial charge in [-0.2, -0.15) is 0 Å². The molecule has 3 aliphatic rings. The molecule has 2 saturated heterocycles. The predicted octanol–water partition coefficient (Wildman–Crippen LogP) is 3.53. The molecule has 16 heavy (non-hydrogen) atoms. The van der Waals surface area contributed by atoms with Gasteiger partial charge in [-0.1, -0.05) is 30.7 Å². The van der Waals surface area contributed by atoms with Crippen LogP contribution in [-0.2, 0) is 0 Å². The van der Waals surface area contributed by atoms with Crippen LogP contribution in [0.3, 0.4) is 0 Å². The number of fused-ring (bicyclic) bond motifs is 2. The van der Waals surface area contributed by atoms with Crippen molar-refractivity contribution in [1.82, 2.24) is 4.90 Å². The fraction of sp³-hybridized carbons (Fsp3) is 0.733. The molecule has 2 heterocycles.